The number of hydrogen-bond acceptors (Lipinski definition) is 4. The van der Waals surface area contributed by atoms with E-state index in [0.29, 0.717) is 13.0 Å². The number of carbonyl (C=O) groups is 1. The van der Waals surface area contributed by atoms with E-state index < -0.39 is 0 Å². The molecule has 18 heavy (non-hydrogen) atoms. The standard InChI is InChI=1S/C12H20N4O2/c1-18-5-4-13-6-11-7-14-9-16(11)8-10-2-3-12(17)15-10/h7,9-10,13H,2-6,8H2,1H3,(H,15,17). The van der Waals surface area contributed by atoms with Crippen molar-refractivity contribution in [2.24, 2.45) is 0 Å². The predicted molar refractivity (Wildman–Crippen MR) is 67.0 cm³/mol. The minimum absolute atomic E-state index is 0.153. The molecule has 0 spiro atoms. The van der Waals surface area contributed by atoms with Gasteiger partial charge in [0.25, 0.3) is 0 Å². The summed E-state index contributed by atoms with van der Waals surface area (Å²) in [6, 6.07) is 0.240. The topological polar surface area (TPSA) is 68.2 Å². The Balaban J connectivity index is 1.81. The molecule has 2 N–H and O–H groups in total. The zero-order chi connectivity index (χ0) is 12.8. The molecule has 1 aromatic rings. The van der Waals surface area contributed by atoms with Gasteiger partial charge in [-0.3, -0.25) is 4.79 Å². The molecule has 1 atom stereocenters. The molecule has 0 radical (unpaired) electrons. The summed E-state index contributed by atoms with van der Waals surface area (Å²) in [6.45, 7) is 3.09. The third-order valence-corrected chi connectivity index (χ3v) is 3.09. The van der Waals surface area contributed by atoms with Crippen molar-refractivity contribution in [3.63, 3.8) is 0 Å². The summed E-state index contributed by atoms with van der Waals surface area (Å²) in [4.78, 5) is 15.3. The summed E-state index contributed by atoms with van der Waals surface area (Å²) in [5, 5.41) is 6.26. The Kier molecular flexibility index (Phi) is 4.72. The fourth-order valence-corrected chi connectivity index (χ4v) is 2.10. The van der Waals surface area contributed by atoms with Gasteiger partial charge in [0.2, 0.25) is 5.91 Å². The van der Waals surface area contributed by atoms with E-state index >= 15 is 0 Å². The Bertz CT molecular complexity index is 391. The molecule has 2 heterocycles. The second-order valence-corrected chi connectivity index (χ2v) is 4.51. The summed E-state index contributed by atoms with van der Waals surface area (Å²) < 4.78 is 7.07. The highest BCUT2D eigenvalue weighted by Gasteiger charge is 2.21. The van der Waals surface area contributed by atoms with Crippen LogP contribution in [0.3, 0.4) is 0 Å². The highest BCUT2D eigenvalue weighted by Crippen LogP contribution is 2.10. The van der Waals surface area contributed by atoms with Gasteiger partial charge in [0, 0.05) is 45.4 Å². The molecule has 0 bridgehead atoms. The predicted octanol–water partition coefficient (Wildman–Crippen LogP) is -0.102. The first-order valence-corrected chi connectivity index (χ1v) is 6.27. The summed E-state index contributed by atoms with van der Waals surface area (Å²) in [5.41, 5.74) is 1.13. The first-order valence-electron chi connectivity index (χ1n) is 6.27. The van der Waals surface area contributed by atoms with Crippen LogP contribution in [-0.2, 0) is 22.6 Å². The van der Waals surface area contributed by atoms with E-state index in [9.17, 15) is 4.79 Å². The lowest BCUT2D eigenvalue weighted by Crippen LogP contribution is -2.30. The average Bonchev–Trinajstić information content (AvgIpc) is 2.95. The SMILES string of the molecule is COCCNCc1cncn1CC1CCC(=O)N1. The summed E-state index contributed by atoms with van der Waals surface area (Å²) in [5.74, 6) is 0.153. The molecule has 1 aromatic heterocycles. The Labute approximate surface area is 107 Å². The monoisotopic (exact) mass is 252 g/mol. The molecule has 0 saturated carbocycles. The van der Waals surface area contributed by atoms with Gasteiger partial charge in [-0.1, -0.05) is 0 Å². The van der Waals surface area contributed by atoms with Gasteiger partial charge in [-0.25, -0.2) is 4.98 Å². The fraction of sp³-hybridized carbons (Fsp3) is 0.667. The number of rotatable bonds is 7. The molecular weight excluding hydrogens is 232 g/mol. The Morgan fingerprint density at radius 3 is 3.28 bits per heavy atom. The lowest BCUT2D eigenvalue weighted by atomic mass is 10.2. The maximum absolute atomic E-state index is 11.1. The molecule has 1 amide bonds. The van der Waals surface area contributed by atoms with E-state index in [1.807, 2.05) is 12.5 Å². The van der Waals surface area contributed by atoms with E-state index in [1.165, 1.54) is 0 Å². The molecule has 0 aromatic carbocycles. The van der Waals surface area contributed by atoms with Crippen molar-refractivity contribution in [1.82, 2.24) is 20.2 Å². The van der Waals surface area contributed by atoms with E-state index in [1.54, 1.807) is 7.11 Å². The maximum atomic E-state index is 11.1. The molecule has 1 saturated heterocycles. The van der Waals surface area contributed by atoms with Crippen LogP contribution in [0.25, 0.3) is 0 Å². The van der Waals surface area contributed by atoms with E-state index in [4.69, 9.17) is 4.74 Å². The lowest BCUT2D eigenvalue weighted by molar-refractivity contribution is -0.119. The number of nitrogens with zero attached hydrogens (tertiary/aromatic N) is 2. The van der Waals surface area contributed by atoms with Gasteiger partial charge in [0.1, 0.15) is 0 Å². The van der Waals surface area contributed by atoms with Gasteiger partial charge >= 0.3 is 0 Å². The van der Waals surface area contributed by atoms with Crippen molar-refractivity contribution in [3.05, 3.63) is 18.2 Å². The highest BCUT2D eigenvalue weighted by atomic mass is 16.5. The van der Waals surface area contributed by atoms with Crippen LogP contribution in [0.1, 0.15) is 18.5 Å². The highest BCUT2D eigenvalue weighted by molar-refractivity contribution is 5.78. The minimum Gasteiger partial charge on any atom is -0.383 e. The first-order chi connectivity index (χ1) is 8.79. The average molecular weight is 252 g/mol. The molecular formula is C12H20N4O2. The van der Waals surface area contributed by atoms with Gasteiger partial charge in [-0.2, -0.15) is 0 Å². The van der Waals surface area contributed by atoms with Crippen LogP contribution in [0, 0.1) is 0 Å². The summed E-state index contributed by atoms with van der Waals surface area (Å²) >= 11 is 0. The van der Waals surface area contributed by atoms with Crippen LogP contribution in [0.15, 0.2) is 12.5 Å². The van der Waals surface area contributed by atoms with E-state index in [0.717, 1.165) is 31.7 Å². The molecule has 6 nitrogen and oxygen atoms in total. The van der Waals surface area contributed by atoms with Gasteiger partial charge in [0.05, 0.1) is 18.6 Å². The molecule has 1 fully saturated rings. The summed E-state index contributed by atoms with van der Waals surface area (Å²) in [7, 11) is 1.69. The van der Waals surface area contributed by atoms with Crippen LogP contribution in [0.5, 0.6) is 0 Å². The van der Waals surface area contributed by atoms with E-state index in [-0.39, 0.29) is 11.9 Å². The quantitative estimate of drug-likeness (QED) is 0.665. The smallest absolute Gasteiger partial charge is 0.220 e. The van der Waals surface area contributed by atoms with Crippen molar-refractivity contribution in [3.8, 4) is 0 Å². The zero-order valence-corrected chi connectivity index (χ0v) is 10.7. The van der Waals surface area contributed by atoms with E-state index in [2.05, 4.69) is 20.2 Å². The minimum atomic E-state index is 0.153. The summed E-state index contributed by atoms with van der Waals surface area (Å²) in [6.07, 6.45) is 5.22. The maximum Gasteiger partial charge on any atom is 0.220 e. The Morgan fingerprint density at radius 2 is 2.56 bits per heavy atom. The molecule has 1 unspecified atom stereocenters. The van der Waals surface area contributed by atoms with Crippen LogP contribution < -0.4 is 10.6 Å². The number of nitrogens with one attached hydrogen (secondary N) is 2. The van der Waals surface area contributed by atoms with Crippen molar-refractivity contribution >= 4 is 5.91 Å². The molecule has 6 heteroatoms. The van der Waals surface area contributed by atoms with Crippen LogP contribution in [-0.4, -0.2) is 41.8 Å². The van der Waals surface area contributed by atoms with Gasteiger partial charge < -0.3 is 19.9 Å². The lowest BCUT2D eigenvalue weighted by Gasteiger charge is -2.14. The molecule has 1 aliphatic rings. The second kappa shape index (κ2) is 6.51. The molecule has 2 rings (SSSR count). The van der Waals surface area contributed by atoms with Crippen LogP contribution in [0.4, 0.5) is 0 Å². The fourth-order valence-electron chi connectivity index (χ4n) is 2.10. The third-order valence-electron chi connectivity index (χ3n) is 3.09. The Hall–Kier alpha value is -1.40. The van der Waals surface area contributed by atoms with Crippen LogP contribution in [0.2, 0.25) is 0 Å². The van der Waals surface area contributed by atoms with Crippen LogP contribution >= 0.6 is 0 Å². The number of ether oxygens (including phenoxy) is 1. The van der Waals surface area contributed by atoms with Gasteiger partial charge in [0.15, 0.2) is 0 Å². The number of imidazole rings is 1. The van der Waals surface area contributed by atoms with Crippen molar-refractivity contribution in [2.45, 2.75) is 32.0 Å². The molecule has 1 aliphatic heterocycles. The van der Waals surface area contributed by atoms with Gasteiger partial charge in [-0.15, -0.1) is 0 Å². The number of methoxy groups -OCH3 is 1. The molecule has 0 aliphatic carbocycles. The molecule has 100 valence electrons. The van der Waals surface area contributed by atoms with Crippen molar-refractivity contribution < 1.29 is 9.53 Å². The van der Waals surface area contributed by atoms with Crippen molar-refractivity contribution in [1.29, 1.82) is 0 Å². The largest absolute Gasteiger partial charge is 0.383 e. The number of carbonyl (C=O) groups excluding carboxylic acids is 1. The first kappa shape index (κ1) is 13.0. The van der Waals surface area contributed by atoms with Crippen molar-refractivity contribution in [2.75, 3.05) is 20.3 Å². The number of hydrogen-bond donors (Lipinski definition) is 2. The third kappa shape index (κ3) is 3.54. The number of aromatic nitrogens is 2. The Morgan fingerprint density at radius 1 is 1.67 bits per heavy atom. The normalized spacial score (nSPS) is 19.2. The zero-order valence-electron chi connectivity index (χ0n) is 10.7. The number of amides is 1. The second-order valence-electron chi connectivity index (χ2n) is 4.51. The van der Waals surface area contributed by atoms with Gasteiger partial charge in [-0.05, 0) is 6.42 Å².